The minimum absolute atomic E-state index is 0.162. The third-order valence-corrected chi connectivity index (χ3v) is 5.07. The van der Waals surface area contributed by atoms with Gasteiger partial charge in [0.05, 0.1) is 19.6 Å². The minimum Gasteiger partial charge on any atom is -0.480 e. The van der Waals surface area contributed by atoms with E-state index in [0.717, 1.165) is 11.1 Å². The molecule has 9 nitrogen and oxygen atoms in total. The Hall–Kier alpha value is -2.49. The summed E-state index contributed by atoms with van der Waals surface area (Å²) in [6.45, 7) is 7.50. The zero-order chi connectivity index (χ0) is 23.4. The van der Waals surface area contributed by atoms with Crippen LogP contribution < -0.4 is 0 Å². The molecule has 0 radical (unpaired) electrons. The van der Waals surface area contributed by atoms with Gasteiger partial charge < -0.3 is 15.3 Å². The maximum atomic E-state index is 11.5. The van der Waals surface area contributed by atoms with Crippen molar-refractivity contribution in [3.05, 3.63) is 35.4 Å². The molecule has 1 aromatic carbocycles. The monoisotopic (exact) mass is 437 g/mol. The van der Waals surface area contributed by atoms with Gasteiger partial charge in [0, 0.05) is 38.8 Å². The molecule has 3 N–H and O–H groups in total. The molecule has 0 aliphatic carbocycles. The second-order valence-electron chi connectivity index (χ2n) is 7.51. The summed E-state index contributed by atoms with van der Waals surface area (Å²) in [6.07, 6.45) is 0.586. The maximum absolute atomic E-state index is 11.5. The fourth-order valence-corrected chi connectivity index (χ4v) is 3.61. The molecule has 1 fully saturated rings. The van der Waals surface area contributed by atoms with Gasteiger partial charge in [-0.15, -0.1) is 0 Å². The van der Waals surface area contributed by atoms with Crippen LogP contribution in [0.1, 0.15) is 25.0 Å². The van der Waals surface area contributed by atoms with Crippen LogP contribution in [0.15, 0.2) is 24.3 Å². The van der Waals surface area contributed by atoms with Gasteiger partial charge >= 0.3 is 17.9 Å². The molecule has 2 rings (SSSR count). The van der Waals surface area contributed by atoms with Gasteiger partial charge in [-0.05, 0) is 18.9 Å². The molecule has 1 heterocycles. The highest BCUT2D eigenvalue weighted by atomic mass is 16.4. The van der Waals surface area contributed by atoms with Crippen LogP contribution >= 0.6 is 0 Å². The van der Waals surface area contributed by atoms with E-state index in [1.165, 1.54) is 0 Å². The van der Waals surface area contributed by atoms with Crippen molar-refractivity contribution in [2.45, 2.75) is 33.2 Å². The summed E-state index contributed by atoms with van der Waals surface area (Å²) in [5, 5.41) is 27.8. The third kappa shape index (κ3) is 10.4. The largest absolute Gasteiger partial charge is 0.480 e. The van der Waals surface area contributed by atoms with E-state index in [0.29, 0.717) is 39.1 Å². The number of rotatable bonds is 8. The molecular formula is C22H35N3O6. The zero-order valence-electron chi connectivity index (χ0n) is 18.7. The SMILES string of the molecule is CC.Cc1ccc(CC2CN(CC(=O)O)CCN(CC(=O)O)CCN2CC(=O)O)cc1. The van der Waals surface area contributed by atoms with E-state index < -0.39 is 17.9 Å². The summed E-state index contributed by atoms with van der Waals surface area (Å²) >= 11 is 0. The van der Waals surface area contributed by atoms with Gasteiger partial charge in [0.25, 0.3) is 0 Å². The molecule has 1 aromatic rings. The molecule has 0 amide bonds. The predicted octanol–water partition coefficient (Wildman–Crippen LogP) is 1.11. The first kappa shape index (κ1) is 26.5. The second kappa shape index (κ2) is 13.7. The Labute approximate surface area is 183 Å². The van der Waals surface area contributed by atoms with Crippen LogP contribution in [-0.4, -0.2) is 106 Å². The molecule has 1 aliphatic heterocycles. The Kier molecular flexibility index (Phi) is 11.8. The summed E-state index contributed by atoms with van der Waals surface area (Å²) in [6, 6.07) is 7.79. The van der Waals surface area contributed by atoms with Gasteiger partial charge in [0.15, 0.2) is 0 Å². The molecule has 1 aliphatic rings. The van der Waals surface area contributed by atoms with Crippen LogP contribution in [0.25, 0.3) is 0 Å². The Bertz CT molecular complexity index is 710. The number of carbonyl (C=O) groups is 3. The molecule has 1 unspecified atom stereocenters. The Morgan fingerprint density at radius 2 is 1.29 bits per heavy atom. The first-order valence-corrected chi connectivity index (χ1v) is 10.6. The highest BCUT2D eigenvalue weighted by molar-refractivity contribution is 5.70. The van der Waals surface area contributed by atoms with Crippen molar-refractivity contribution in [1.29, 1.82) is 0 Å². The van der Waals surface area contributed by atoms with E-state index in [1.54, 1.807) is 9.80 Å². The van der Waals surface area contributed by atoms with Gasteiger partial charge in [-0.25, -0.2) is 0 Å². The maximum Gasteiger partial charge on any atom is 0.317 e. The average Bonchev–Trinajstić information content (AvgIpc) is 2.76. The zero-order valence-corrected chi connectivity index (χ0v) is 18.7. The number of benzene rings is 1. The summed E-state index contributed by atoms with van der Waals surface area (Å²) in [7, 11) is 0. The lowest BCUT2D eigenvalue weighted by Crippen LogP contribution is -2.49. The van der Waals surface area contributed by atoms with Crippen LogP contribution in [0.4, 0.5) is 0 Å². The fourth-order valence-electron chi connectivity index (χ4n) is 3.61. The van der Waals surface area contributed by atoms with Gasteiger partial charge in [0.1, 0.15) is 0 Å². The molecule has 1 saturated heterocycles. The smallest absolute Gasteiger partial charge is 0.317 e. The molecule has 31 heavy (non-hydrogen) atoms. The molecule has 1 atom stereocenters. The van der Waals surface area contributed by atoms with E-state index in [-0.39, 0.29) is 25.7 Å². The molecule has 174 valence electrons. The van der Waals surface area contributed by atoms with Crippen LogP contribution in [0.2, 0.25) is 0 Å². The van der Waals surface area contributed by atoms with Crippen molar-refractivity contribution in [2.75, 3.05) is 52.4 Å². The van der Waals surface area contributed by atoms with Crippen molar-refractivity contribution >= 4 is 17.9 Å². The predicted molar refractivity (Wildman–Crippen MR) is 117 cm³/mol. The number of hydrogen-bond donors (Lipinski definition) is 3. The molecule has 0 bridgehead atoms. The molecule has 0 spiro atoms. The van der Waals surface area contributed by atoms with Crippen molar-refractivity contribution in [2.24, 2.45) is 0 Å². The van der Waals surface area contributed by atoms with Gasteiger partial charge in [-0.1, -0.05) is 43.7 Å². The van der Waals surface area contributed by atoms with Crippen LogP contribution in [0.5, 0.6) is 0 Å². The van der Waals surface area contributed by atoms with E-state index in [4.69, 9.17) is 5.11 Å². The van der Waals surface area contributed by atoms with Crippen LogP contribution in [-0.2, 0) is 20.8 Å². The summed E-state index contributed by atoms with van der Waals surface area (Å²) in [5.41, 5.74) is 2.18. The Morgan fingerprint density at radius 1 is 0.806 bits per heavy atom. The van der Waals surface area contributed by atoms with Crippen molar-refractivity contribution < 1.29 is 29.7 Å². The summed E-state index contributed by atoms with van der Waals surface area (Å²) < 4.78 is 0. The first-order chi connectivity index (χ1) is 14.7. The van der Waals surface area contributed by atoms with Crippen LogP contribution in [0, 0.1) is 6.92 Å². The molecule has 9 heteroatoms. The first-order valence-electron chi connectivity index (χ1n) is 10.6. The van der Waals surface area contributed by atoms with Gasteiger partial charge in [0.2, 0.25) is 0 Å². The van der Waals surface area contributed by atoms with E-state index in [1.807, 2.05) is 49.9 Å². The van der Waals surface area contributed by atoms with Crippen molar-refractivity contribution in [1.82, 2.24) is 14.7 Å². The lowest BCUT2D eigenvalue weighted by atomic mass is 10.0. The number of aryl methyl sites for hydroxylation is 1. The molecular weight excluding hydrogens is 402 g/mol. The number of nitrogens with zero attached hydrogens (tertiary/aromatic N) is 3. The third-order valence-electron chi connectivity index (χ3n) is 5.07. The number of carboxylic acids is 3. The summed E-state index contributed by atoms with van der Waals surface area (Å²) in [5.74, 6) is -2.89. The Morgan fingerprint density at radius 3 is 1.84 bits per heavy atom. The topological polar surface area (TPSA) is 122 Å². The quantitative estimate of drug-likeness (QED) is 0.549. The molecule has 0 aromatic heterocycles. The van der Waals surface area contributed by atoms with E-state index in [2.05, 4.69) is 0 Å². The highest BCUT2D eigenvalue weighted by Crippen LogP contribution is 2.14. The van der Waals surface area contributed by atoms with Crippen molar-refractivity contribution in [3.8, 4) is 0 Å². The number of carboxylic acid groups (broad SMARTS) is 3. The van der Waals surface area contributed by atoms with E-state index in [9.17, 15) is 24.6 Å². The van der Waals surface area contributed by atoms with Gasteiger partial charge in [-0.3, -0.25) is 29.1 Å². The van der Waals surface area contributed by atoms with Crippen LogP contribution in [0.3, 0.4) is 0 Å². The van der Waals surface area contributed by atoms with Gasteiger partial charge in [-0.2, -0.15) is 0 Å². The number of aliphatic carboxylic acids is 3. The summed E-state index contributed by atoms with van der Waals surface area (Å²) in [4.78, 5) is 39.2. The lowest BCUT2D eigenvalue weighted by molar-refractivity contribution is -0.140. The normalized spacial score (nSPS) is 18.7. The minimum atomic E-state index is -0.965. The van der Waals surface area contributed by atoms with Crippen molar-refractivity contribution in [3.63, 3.8) is 0 Å². The molecule has 0 saturated carbocycles. The second-order valence-corrected chi connectivity index (χ2v) is 7.51. The lowest BCUT2D eigenvalue weighted by Gasteiger charge is -2.33. The number of hydrogen-bond acceptors (Lipinski definition) is 6. The highest BCUT2D eigenvalue weighted by Gasteiger charge is 2.27. The average molecular weight is 438 g/mol. The standard InChI is InChI=1S/C20H29N3O6.C2H6/c1-15-2-4-16(5-3-15)10-17-11-22(13-19(26)27)7-6-21(12-18(24)25)8-9-23(17)14-20(28)29;1-2/h2-5,17H,6-14H2,1H3,(H,24,25)(H,26,27)(H,28,29);1-2H3. The van der Waals surface area contributed by atoms with E-state index >= 15 is 0 Å². The Balaban J connectivity index is 0.00000233. The fraction of sp³-hybridized carbons (Fsp3) is 0.591.